The number of carboxylic acids is 1. The minimum absolute atomic E-state index is 0.0493. The van der Waals surface area contributed by atoms with Crippen LogP contribution in [0, 0.1) is 19.8 Å². The molecule has 6 heteroatoms. The van der Waals surface area contributed by atoms with E-state index in [-0.39, 0.29) is 18.0 Å². The summed E-state index contributed by atoms with van der Waals surface area (Å²) in [6, 6.07) is 3.64. The summed E-state index contributed by atoms with van der Waals surface area (Å²) in [6.45, 7) is 3.96. The normalized spacial score (nSPS) is 21.2. The van der Waals surface area contributed by atoms with Crippen LogP contribution in [-0.2, 0) is 4.79 Å². The van der Waals surface area contributed by atoms with Crippen LogP contribution in [0.1, 0.15) is 36.8 Å². The van der Waals surface area contributed by atoms with Crippen LogP contribution >= 0.6 is 15.9 Å². The van der Waals surface area contributed by atoms with E-state index in [0.717, 1.165) is 21.3 Å². The van der Waals surface area contributed by atoms with Crippen LogP contribution in [0.15, 0.2) is 16.6 Å². The van der Waals surface area contributed by atoms with Crippen molar-refractivity contribution in [3.63, 3.8) is 0 Å². The summed E-state index contributed by atoms with van der Waals surface area (Å²) in [5, 5.41) is 14.7. The zero-order valence-electron chi connectivity index (χ0n) is 12.8. The number of hydrogen-bond acceptors (Lipinski definition) is 2. The zero-order valence-corrected chi connectivity index (χ0v) is 14.4. The van der Waals surface area contributed by atoms with Gasteiger partial charge in [0.2, 0.25) is 0 Å². The molecule has 1 aromatic rings. The molecular formula is C16H21BrN2O3. The first kappa shape index (κ1) is 16.8. The predicted molar refractivity (Wildman–Crippen MR) is 89.2 cm³/mol. The van der Waals surface area contributed by atoms with Crippen LogP contribution in [0.5, 0.6) is 0 Å². The van der Waals surface area contributed by atoms with Crippen LogP contribution in [-0.4, -0.2) is 23.1 Å². The second-order valence-electron chi connectivity index (χ2n) is 5.91. The highest BCUT2D eigenvalue weighted by atomic mass is 79.9. The minimum Gasteiger partial charge on any atom is -0.481 e. The fourth-order valence-corrected chi connectivity index (χ4v) is 3.08. The number of hydrogen-bond donors (Lipinski definition) is 3. The molecule has 0 unspecified atom stereocenters. The van der Waals surface area contributed by atoms with Crippen LogP contribution in [0.3, 0.4) is 0 Å². The number of carbonyl (C=O) groups is 2. The molecule has 1 aromatic carbocycles. The Morgan fingerprint density at radius 2 is 1.68 bits per heavy atom. The fourth-order valence-electron chi connectivity index (χ4n) is 2.86. The van der Waals surface area contributed by atoms with Crippen molar-refractivity contribution < 1.29 is 14.7 Å². The van der Waals surface area contributed by atoms with Crippen molar-refractivity contribution in [3.05, 3.63) is 27.7 Å². The van der Waals surface area contributed by atoms with Gasteiger partial charge in [0.1, 0.15) is 0 Å². The average Bonchev–Trinajstić information content (AvgIpc) is 2.45. The van der Waals surface area contributed by atoms with Gasteiger partial charge in [-0.1, -0.05) is 15.9 Å². The molecule has 1 aliphatic rings. The topological polar surface area (TPSA) is 78.4 Å². The fraction of sp³-hybridized carbons (Fsp3) is 0.500. The first-order valence-corrected chi connectivity index (χ1v) is 8.23. The number of rotatable bonds is 3. The minimum atomic E-state index is -0.733. The van der Waals surface area contributed by atoms with Gasteiger partial charge in [0, 0.05) is 16.2 Å². The molecule has 0 aromatic heterocycles. The molecule has 5 nitrogen and oxygen atoms in total. The Balaban J connectivity index is 1.88. The van der Waals surface area contributed by atoms with Gasteiger partial charge in [-0.2, -0.15) is 0 Å². The van der Waals surface area contributed by atoms with E-state index in [0.29, 0.717) is 25.7 Å². The maximum absolute atomic E-state index is 12.1. The van der Waals surface area contributed by atoms with Crippen molar-refractivity contribution in [1.82, 2.24) is 5.32 Å². The number of benzene rings is 1. The van der Waals surface area contributed by atoms with E-state index in [1.54, 1.807) is 0 Å². The van der Waals surface area contributed by atoms with Gasteiger partial charge < -0.3 is 15.7 Å². The van der Waals surface area contributed by atoms with Crippen LogP contribution in [0.4, 0.5) is 10.5 Å². The number of aliphatic carboxylic acids is 1. The molecule has 1 saturated carbocycles. The third kappa shape index (κ3) is 4.22. The number of carbonyl (C=O) groups excluding carboxylic acids is 1. The van der Waals surface area contributed by atoms with Gasteiger partial charge in [-0.05, 0) is 62.8 Å². The van der Waals surface area contributed by atoms with Gasteiger partial charge in [-0.15, -0.1) is 0 Å². The molecule has 0 saturated heterocycles. The molecule has 1 fully saturated rings. The van der Waals surface area contributed by atoms with E-state index in [9.17, 15) is 9.59 Å². The Morgan fingerprint density at radius 3 is 2.18 bits per heavy atom. The van der Waals surface area contributed by atoms with Gasteiger partial charge >= 0.3 is 12.0 Å². The molecule has 0 aliphatic heterocycles. The van der Waals surface area contributed by atoms with Crippen molar-refractivity contribution >= 4 is 33.6 Å². The molecule has 0 radical (unpaired) electrons. The van der Waals surface area contributed by atoms with E-state index in [1.165, 1.54) is 0 Å². The van der Waals surface area contributed by atoms with Crippen molar-refractivity contribution in [2.45, 2.75) is 45.6 Å². The second-order valence-corrected chi connectivity index (χ2v) is 6.70. The summed E-state index contributed by atoms with van der Waals surface area (Å²) in [6.07, 6.45) is 2.67. The lowest BCUT2D eigenvalue weighted by Crippen LogP contribution is -2.41. The third-order valence-electron chi connectivity index (χ3n) is 4.11. The summed E-state index contributed by atoms with van der Waals surface area (Å²) in [7, 11) is 0. The smallest absolute Gasteiger partial charge is 0.319 e. The Bertz CT molecular complexity index is 558. The van der Waals surface area contributed by atoms with Crippen LogP contribution < -0.4 is 10.6 Å². The average molecular weight is 369 g/mol. The first-order chi connectivity index (χ1) is 10.4. The summed E-state index contributed by atoms with van der Waals surface area (Å²) >= 11 is 3.50. The van der Waals surface area contributed by atoms with Gasteiger partial charge in [-0.25, -0.2) is 4.79 Å². The monoisotopic (exact) mass is 368 g/mol. The summed E-state index contributed by atoms with van der Waals surface area (Å²) in [5.41, 5.74) is 2.89. The predicted octanol–water partition coefficient (Wildman–Crippen LogP) is 3.83. The van der Waals surface area contributed by atoms with Crippen molar-refractivity contribution in [3.8, 4) is 0 Å². The molecule has 3 N–H and O–H groups in total. The lowest BCUT2D eigenvalue weighted by atomic mass is 9.86. The molecule has 2 amide bonds. The highest BCUT2D eigenvalue weighted by Crippen LogP contribution is 2.26. The SMILES string of the molecule is Cc1cc(NC(=O)NC2CCC(C(=O)O)CC2)cc(C)c1Br. The maximum Gasteiger partial charge on any atom is 0.319 e. The molecule has 22 heavy (non-hydrogen) atoms. The highest BCUT2D eigenvalue weighted by Gasteiger charge is 2.26. The highest BCUT2D eigenvalue weighted by molar-refractivity contribution is 9.10. The summed E-state index contributed by atoms with van der Waals surface area (Å²) in [5.74, 6) is -0.999. The van der Waals surface area contributed by atoms with E-state index in [1.807, 2.05) is 26.0 Å². The largest absolute Gasteiger partial charge is 0.481 e. The maximum atomic E-state index is 12.1. The zero-order chi connectivity index (χ0) is 16.3. The van der Waals surface area contributed by atoms with E-state index >= 15 is 0 Å². The number of amides is 2. The lowest BCUT2D eigenvalue weighted by Gasteiger charge is -2.26. The Hall–Kier alpha value is -1.56. The molecule has 0 atom stereocenters. The number of anilines is 1. The molecule has 0 heterocycles. The van der Waals surface area contributed by atoms with Gasteiger partial charge in [0.05, 0.1) is 5.92 Å². The number of carboxylic acid groups (broad SMARTS) is 1. The van der Waals surface area contributed by atoms with Gasteiger partial charge in [0.25, 0.3) is 0 Å². The number of halogens is 1. The summed E-state index contributed by atoms with van der Waals surface area (Å²) in [4.78, 5) is 23.0. The van der Waals surface area contributed by atoms with Crippen LogP contribution in [0.25, 0.3) is 0 Å². The number of aryl methyl sites for hydroxylation is 2. The quantitative estimate of drug-likeness (QED) is 0.758. The molecule has 1 aliphatic carbocycles. The van der Waals surface area contributed by atoms with Crippen molar-refractivity contribution in [2.24, 2.45) is 5.92 Å². The van der Waals surface area contributed by atoms with E-state index < -0.39 is 5.97 Å². The molecule has 2 rings (SSSR count). The van der Waals surface area contributed by atoms with E-state index in [4.69, 9.17) is 5.11 Å². The Kier molecular flexibility index (Phi) is 5.45. The molecule has 120 valence electrons. The summed E-state index contributed by atoms with van der Waals surface area (Å²) < 4.78 is 1.05. The lowest BCUT2D eigenvalue weighted by molar-refractivity contribution is -0.142. The van der Waals surface area contributed by atoms with Gasteiger partial charge in [0.15, 0.2) is 0 Å². The van der Waals surface area contributed by atoms with E-state index in [2.05, 4.69) is 26.6 Å². The molecular weight excluding hydrogens is 348 g/mol. The second kappa shape index (κ2) is 7.13. The number of urea groups is 1. The Labute approximate surface area is 138 Å². The Morgan fingerprint density at radius 1 is 1.14 bits per heavy atom. The molecule has 0 spiro atoms. The van der Waals surface area contributed by atoms with Gasteiger partial charge in [-0.3, -0.25) is 4.79 Å². The third-order valence-corrected chi connectivity index (χ3v) is 5.36. The van der Waals surface area contributed by atoms with Crippen molar-refractivity contribution in [1.29, 1.82) is 0 Å². The standard InChI is InChI=1S/C16H21BrN2O3/c1-9-7-13(8-10(2)14(9)17)19-16(22)18-12-5-3-11(4-6-12)15(20)21/h7-8,11-12H,3-6H2,1-2H3,(H,20,21)(H2,18,19,22). The van der Waals surface area contributed by atoms with Crippen LogP contribution in [0.2, 0.25) is 0 Å². The molecule has 0 bridgehead atoms. The number of nitrogens with one attached hydrogen (secondary N) is 2. The van der Waals surface area contributed by atoms with Crippen molar-refractivity contribution in [2.75, 3.05) is 5.32 Å². The first-order valence-electron chi connectivity index (χ1n) is 7.44.